The summed E-state index contributed by atoms with van der Waals surface area (Å²) in [4.78, 5) is 0. The highest BCUT2D eigenvalue weighted by Gasteiger charge is 2.16. The third kappa shape index (κ3) is 5.36. The summed E-state index contributed by atoms with van der Waals surface area (Å²) in [6.07, 6.45) is 0. The molecule has 2 heterocycles. The molecule has 0 fully saturated rings. The second kappa shape index (κ2) is 12.9. The highest BCUT2D eigenvalue weighted by Crippen LogP contribution is 2.40. The van der Waals surface area contributed by atoms with Crippen molar-refractivity contribution in [1.29, 1.82) is 0 Å². The molecule has 0 aliphatic carbocycles. The van der Waals surface area contributed by atoms with Gasteiger partial charge in [-0.15, -0.1) is 0 Å². The lowest BCUT2D eigenvalue weighted by atomic mass is 9.90. The van der Waals surface area contributed by atoms with Crippen LogP contribution in [0.2, 0.25) is 0 Å². The molecule has 11 rings (SSSR count). The van der Waals surface area contributed by atoms with E-state index in [-0.39, 0.29) is 0 Å². The van der Waals surface area contributed by atoms with Crippen LogP contribution in [0.3, 0.4) is 0 Å². The number of rotatable bonds is 6. The van der Waals surface area contributed by atoms with Gasteiger partial charge in [0.1, 0.15) is 11.2 Å². The van der Waals surface area contributed by atoms with E-state index in [0.29, 0.717) is 0 Å². The summed E-state index contributed by atoms with van der Waals surface area (Å²) in [6.45, 7) is 2.19. The van der Waals surface area contributed by atoms with Crippen molar-refractivity contribution < 1.29 is 4.42 Å². The van der Waals surface area contributed by atoms with Crippen LogP contribution in [0.5, 0.6) is 0 Å². The normalized spacial score (nSPS) is 11.7. The molecule has 3 heteroatoms. The molecule has 56 heavy (non-hydrogen) atoms. The number of anilines is 2. The fraction of sp³-hybridized carbons (Fsp3) is 0.0189. The maximum Gasteiger partial charge on any atom is 0.136 e. The summed E-state index contributed by atoms with van der Waals surface area (Å²) in [5, 5.41) is 11.0. The van der Waals surface area contributed by atoms with Gasteiger partial charge in [-0.3, -0.25) is 0 Å². The van der Waals surface area contributed by atoms with Crippen molar-refractivity contribution >= 4 is 65.9 Å². The van der Waals surface area contributed by atoms with Gasteiger partial charge in [0.05, 0.1) is 11.0 Å². The Kier molecular flexibility index (Phi) is 7.39. The lowest BCUT2D eigenvalue weighted by molar-refractivity contribution is 0.669. The molecule has 9 aromatic carbocycles. The highest BCUT2D eigenvalue weighted by atomic mass is 16.3. The summed E-state index contributed by atoms with van der Waals surface area (Å²) in [6, 6.07) is 69.8. The first kappa shape index (κ1) is 32.1. The second-order valence-corrected chi connectivity index (χ2v) is 14.7. The van der Waals surface area contributed by atoms with Gasteiger partial charge in [0.15, 0.2) is 0 Å². The molecule has 0 bridgehead atoms. The van der Waals surface area contributed by atoms with Crippen LogP contribution in [0.15, 0.2) is 199 Å². The van der Waals surface area contributed by atoms with E-state index in [0.717, 1.165) is 55.7 Å². The van der Waals surface area contributed by atoms with Crippen molar-refractivity contribution in [2.75, 3.05) is 5.32 Å². The van der Waals surface area contributed by atoms with E-state index in [9.17, 15) is 0 Å². The topological polar surface area (TPSA) is 30.1 Å². The molecular weight excluding hydrogens is 681 g/mol. The predicted octanol–water partition coefficient (Wildman–Crippen LogP) is 14.9. The first-order chi connectivity index (χ1) is 27.6. The van der Waals surface area contributed by atoms with Crippen LogP contribution in [0, 0.1) is 6.92 Å². The minimum absolute atomic E-state index is 0.884. The Hall–Kier alpha value is -7.36. The molecule has 264 valence electrons. The first-order valence-electron chi connectivity index (χ1n) is 19.2. The third-order valence-electron chi connectivity index (χ3n) is 11.2. The molecule has 0 aliphatic heterocycles. The number of hydrogen-bond donors (Lipinski definition) is 1. The molecule has 0 radical (unpaired) electrons. The maximum atomic E-state index is 6.38. The van der Waals surface area contributed by atoms with Crippen LogP contribution >= 0.6 is 0 Å². The van der Waals surface area contributed by atoms with Crippen molar-refractivity contribution in [2.24, 2.45) is 0 Å². The van der Waals surface area contributed by atoms with Crippen molar-refractivity contribution in [3.63, 3.8) is 0 Å². The van der Waals surface area contributed by atoms with E-state index < -0.39 is 0 Å². The van der Waals surface area contributed by atoms with Crippen molar-refractivity contribution in [3.8, 4) is 39.1 Å². The zero-order valence-corrected chi connectivity index (χ0v) is 30.8. The Bertz CT molecular complexity index is 3260. The van der Waals surface area contributed by atoms with Gasteiger partial charge in [0.2, 0.25) is 0 Å². The van der Waals surface area contributed by atoms with Gasteiger partial charge in [0.25, 0.3) is 0 Å². The Morgan fingerprint density at radius 3 is 1.88 bits per heavy atom. The maximum absolute atomic E-state index is 6.38. The fourth-order valence-corrected chi connectivity index (χ4v) is 8.62. The number of aromatic nitrogens is 1. The van der Waals surface area contributed by atoms with E-state index in [1.807, 2.05) is 12.1 Å². The fourth-order valence-electron chi connectivity index (χ4n) is 8.62. The third-order valence-corrected chi connectivity index (χ3v) is 11.2. The number of nitrogens with zero attached hydrogens (tertiary/aromatic N) is 1. The molecular formula is C53H36N2O. The van der Waals surface area contributed by atoms with Gasteiger partial charge in [-0.05, 0) is 136 Å². The van der Waals surface area contributed by atoms with Crippen LogP contribution < -0.4 is 5.32 Å². The molecule has 0 aliphatic rings. The molecule has 1 N–H and O–H groups in total. The van der Waals surface area contributed by atoms with Gasteiger partial charge in [-0.2, -0.15) is 0 Å². The van der Waals surface area contributed by atoms with Crippen LogP contribution in [0.4, 0.5) is 11.4 Å². The van der Waals surface area contributed by atoms with Gasteiger partial charge in [-0.1, -0.05) is 115 Å². The zero-order chi connectivity index (χ0) is 37.2. The van der Waals surface area contributed by atoms with Crippen LogP contribution in [0.25, 0.3) is 93.6 Å². The predicted molar refractivity (Wildman–Crippen MR) is 236 cm³/mol. The Labute approximate surface area is 324 Å². The Morgan fingerprint density at radius 1 is 0.393 bits per heavy atom. The Morgan fingerprint density at radius 2 is 1.05 bits per heavy atom. The van der Waals surface area contributed by atoms with E-state index >= 15 is 0 Å². The monoisotopic (exact) mass is 716 g/mol. The number of aryl methyl sites for hydroxylation is 1. The number of benzene rings is 9. The van der Waals surface area contributed by atoms with Gasteiger partial charge in [-0.25, -0.2) is 0 Å². The summed E-state index contributed by atoms with van der Waals surface area (Å²) < 4.78 is 8.75. The molecule has 11 aromatic rings. The van der Waals surface area contributed by atoms with E-state index in [1.54, 1.807) is 0 Å². The number of fused-ring (bicyclic) bond motifs is 7. The van der Waals surface area contributed by atoms with Gasteiger partial charge < -0.3 is 14.3 Å². The molecule has 2 aromatic heterocycles. The molecule has 0 spiro atoms. The summed E-state index contributed by atoms with van der Waals surface area (Å²) in [7, 11) is 0. The lowest BCUT2D eigenvalue weighted by Crippen LogP contribution is -1.97. The molecule has 0 unspecified atom stereocenters. The van der Waals surface area contributed by atoms with Gasteiger partial charge in [0, 0.05) is 38.6 Å². The van der Waals surface area contributed by atoms with Crippen molar-refractivity contribution in [3.05, 3.63) is 200 Å². The summed E-state index contributed by atoms with van der Waals surface area (Å²) in [5.41, 5.74) is 15.5. The summed E-state index contributed by atoms with van der Waals surface area (Å²) >= 11 is 0. The lowest BCUT2D eigenvalue weighted by Gasteiger charge is -2.17. The zero-order valence-electron chi connectivity index (χ0n) is 30.8. The average molecular weight is 717 g/mol. The highest BCUT2D eigenvalue weighted by molar-refractivity contribution is 6.09. The van der Waals surface area contributed by atoms with Crippen LogP contribution in [-0.4, -0.2) is 4.57 Å². The summed E-state index contributed by atoms with van der Waals surface area (Å²) in [5.74, 6) is 0. The SMILES string of the molecule is Cc1ccccc1-c1cc(-c2cc(Nc3cccc(-n4c5ccccc5c5ccccc54)c3)cc(-c3ccc4c(c3)oc3ccccc34)c2)c2ccccc2c1. The molecule has 0 amide bonds. The van der Waals surface area contributed by atoms with Crippen molar-refractivity contribution in [1.82, 2.24) is 4.57 Å². The van der Waals surface area contributed by atoms with E-state index in [1.165, 1.54) is 54.8 Å². The molecule has 3 nitrogen and oxygen atoms in total. The number of nitrogens with one attached hydrogen (secondary N) is 1. The quantitative estimate of drug-likeness (QED) is 0.186. The average Bonchev–Trinajstić information content (AvgIpc) is 3.79. The first-order valence-corrected chi connectivity index (χ1v) is 19.2. The number of hydrogen-bond acceptors (Lipinski definition) is 2. The van der Waals surface area contributed by atoms with Gasteiger partial charge >= 0.3 is 0 Å². The molecule has 0 saturated carbocycles. The second-order valence-electron chi connectivity index (χ2n) is 14.7. The van der Waals surface area contributed by atoms with E-state index in [4.69, 9.17) is 4.42 Å². The van der Waals surface area contributed by atoms with Crippen molar-refractivity contribution in [2.45, 2.75) is 6.92 Å². The smallest absolute Gasteiger partial charge is 0.136 e. The molecule has 0 saturated heterocycles. The molecule has 0 atom stereocenters. The number of furan rings is 1. The van der Waals surface area contributed by atoms with E-state index in [2.05, 4.69) is 199 Å². The minimum Gasteiger partial charge on any atom is -0.456 e. The largest absolute Gasteiger partial charge is 0.456 e. The standard InChI is InChI=1S/C53H36N2O/c1-34-13-2-4-17-43(34)39-27-36-14-3-5-18-44(36)49(31-39)38-28-37(35-25-26-48-47-21-8-11-24-52(47)56-53(48)32-35)29-41(30-38)54-40-15-12-16-42(33-40)55-50-22-9-6-19-45(50)46-20-7-10-23-51(46)55/h2-33,54H,1H3. The van der Waals surface area contributed by atoms with Crippen LogP contribution in [0.1, 0.15) is 5.56 Å². The number of para-hydroxylation sites is 3. The van der Waals surface area contributed by atoms with Crippen LogP contribution in [-0.2, 0) is 0 Å². The Balaban J connectivity index is 1.09. The minimum atomic E-state index is 0.884.